The summed E-state index contributed by atoms with van der Waals surface area (Å²) >= 11 is 0. The van der Waals surface area contributed by atoms with Gasteiger partial charge in [0.2, 0.25) is 5.95 Å². The molecular formula is C34H32N7O21P3. The Bertz CT molecular complexity index is 3110. The number of carbonyl (C=O) groups is 3. The molecule has 344 valence electrons. The third kappa shape index (κ3) is 10.4. The molecule has 4 aromatic rings. The van der Waals surface area contributed by atoms with Gasteiger partial charge >= 0.3 is 35.5 Å². The highest BCUT2D eigenvalue weighted by atomic mass is 31.3. The molecule has 3 aliphatic rings. The van der Waals surface area contributed by atoms with E-state index in [1.54, 1.807) is 0 Å². The number of fused-ring (bicyclic) bond motifs is 3. The first-order chi connectivity index (χ1) is 30.5. The molecular weight excluding hydrogens is 935 g/mol. The summed E-state index contributed by atoms with van der Waals surface area (Å²) in [4.78, 5) is 110. The normalized spacial score (nSPS) is 19.5. The number of aliphatic hydroxyl groups is 1. The highest BCUT2D eigenvalue weighted by molar-refractivity contribution is 7.66. The molecule has 1 aliphatic carbocycles. The fraction of sp³-hybridized carbons (Fsp3) is 0.206. The summed E-state index contributed by atoms with van der Waals surface area (Å²) in [6.45, 7) is -1.88. The zero-order valence-electron chi connectivity index (χ0n) is 32.3. The van der Waals surface area contributed by atoms with Crippen molar-refractivity contribution in [2.75, 3.05) is 25.4 Å². The first-order valence-corrected chi connectivity index (χ1v) is 22.7. The molecule has 31 heteroatoms. The molecule has 2 unspecified atom stereocenters. The van der Waals surface area contributed by atoms with Gasteiger partial charge in [-0.1, -0.05) is 6.07 Å². The van der Waals surface area contributed by atoms with Crippen LogP contribution in [0.25, 0.3) is 44.6 Å². The summed E-state index contributed by atoms with van der Waals surface area (Å²) in [6, 6.07) is 11.9. The van der Waals surface area contributed by atoms with E-state index in [-0.39, 0.29) is 69.4 Å². The molecule has 1 fully saturated rings. The van der Waals surface area contributed by atoms with Crippen molar-refractivity contribution < 1.29 is 90.0 Å². The Morgan fingerprint density at radius 2 is 1.65 bits per heavy atom. The van der Waals surface area contributed by atoms with Crippen LogP contribution in [0.4, 0.5) is 10.7 Å². The Balaban J connectivity index is 1.04. The fourth-order valence-corrected chi connectivity index (χ4v) is 9.70. The number of aromatic hydroxyl groups is 1. The molecule has 0 saturated carbocycles. The van der Waals surface area contributed by atoms with Gasteiger partial charge in [0.05, 0.1) is 18.5 Å². The van der Waals surface area contributed by atoms with Crippen LogP contribution in [0, 0.1) is 0 Å². The number of nitrogens with two attached hydrogens (primary N) is 1. The molecule has 2 aliphatic heterocycles. The van der Waals surface area contributed by atoms with Gasteiger partial charge in [0.25, 0.3) is 11.5 Å². The minimum Gasteiger partial charge on any atom is -0.508 e. The third-order valence-electron chi connectivity index (χ3n) is 9.23. The highest BCUT2D eigenvalue weighted by Gasteiger charge is 2.50. The Hall–Kier alpha value is -6.38. The number of alkyl carbamates (subject to hydrolysis) is 1. The predicted octanol–water partition coefficient (Wildman–Crippen LogP) is 1.11. The second-order valence-electron chi connectivity index (χ2n) is 13.7. The zero-order valence-corrected chi connectivity index (χ0v) is 35.0. The monoisotopic (exact) mass is 967 g/mol. The number of phosphoric acid groups is 3. The van der Waals surface area contributed by atoms with E-state index in [9.17, 15) is 62.8 Å². The SMILES string of the molecule is Nc1nc2c(ncn2[C@@H]2O[C@H](COP(=O)(O)OP(=O)(O)OP(=O)(O)O)[C@@H](OC(=O)NCCNC(=O)c3ccc(-c4c5ccc(=O)cc-5oc5cc(O)ccc45)c(C(=O)O)c3)[C@H]2O)c(=O)[nH]1. The number of benzene rings is 3. The first-order valence-electron chi connectivity index (χ1n) is 18.1. The van der Waals surface area contributed by atoms with Crippen molar-refractivity contribution in [2.45, 2.75) is 24.5 Å². The summed E-state index contributed by atoms with van der Waals surface area (Å²) in [7, 11) is -17.4. The van der Waals surface area contributed by atoms with Gasteiger partial charge in [-0.2, -0.15) is 13.6 Å². The Kier molecular flexibility index (Phi) is 12.8. The van der Waals surface area contributed by atoms with E-state index in [0.717, 1.165) is 17.0 Å². The minimum absolute atomic E-state index is 0.107. The summed E-state index contributed by atoms with van der Waals surface area (Å²) in [6.07, 6.45) is -7.53. The number of nitrogens with one attached hydrogen (secondary N) is 3. The maximum atomic E-state index is 13.2. The number of imidazole rings is 1. The number of amides is 2. The van der Waals surface area contributed by atoms with Gasteiger partial charge in [0.15, 0.2) is 28.9 Å². The van der Waals surface area contributed by atoms with Crippen molar-refractivity contribution in [3.8, 4) is 28.2 Å². The molecule has 0 radical (unpaired) electrons. The lowest BCUT2D eigenvalue weighted by molar-refractivity contribution is -0.0508. The maximum Gasteiger partial charge on any atom is 0.490 e. The standard InChI is InChI=1S/C34H32N7O21P3/c35-33-39-28-25(30(46)40-33)38-13-41(28)31-26(44)27(23(59-31)12-57-64(53,54)62-65(55,56)61-63(50,51)52)60-34(49)37-8-7-36-29(45)14-1-4-17(20(9-14)32(47)48)24-18-5-2-15(42)10-21(18)58-22-11-16(43)3-6-19(22)24/h1-6,9-11,13,23,26-27,31,42,44H,7-8,12H2,(H,36,45)(H,37,49)(H,47,48)(H,53,54)(H,55,56)(H2,50,51,52)(H3,35,39,40,46)/t23-,26-,27-,31-/m1/s1. The number of aromatic nitrogens is 4. The van der Waals surface area contributed by atoms with Gasteiger partial charge in [-0.05, 0) is 42.0 Å². The van der Waals surface area contributed by atoms with Crippen molar-refractivity contribution in [1.29, 1.82) is 0 Å². The number of carboxylic acids is 1. The number of aliphatic hydroxyl groups excluding tert-OH is 1. The molecule has 4 heterocycles. The molecule has 2 aromatic carbocycles. The average molecular weight is 968 g/mol. The number of nitrogen functional groups attached to an aromatic ring is 1. The molecule has 65 heavy (non-hydrogen) atoms. The molecule has 28 nitrogen and oxygen atoms in total. The van der Waals surface area contributed by atoms with Crippen LogP contribution < -0.4 is 27.4 Å². The molecule has 0 spiro atoms. The van der Waals surface area contributed by atoms with E-state index in [0.29, 0.717) is 16.5 Å². The number of anilines is 1. The second-order valence-corrected chi connectivity index (χ2v) is 18.1. The summed E-state index contributed by atoms with van der Waals surface area (Å²) < 4.78 is 65.1. The number of rotatable bonds is 15. The van der Waals surface area contributed by atoms with E-state index in [2.05, 4.69) is 38.7 Å². The minimum atomic E-state index is -5.95. The molecule has 6 atom stereocenters. The van der Waals surface area contributed by atoms with E-state index in [4.69, 9.17) is 29.4 Å². The number of hydrogen-bond donors (Lipinski definition) is 11. The maximum absolute atomic E-state index is 13.2. The number of carboxylic acid groups (broad SMARTS) is 1. The number of phosphoric ester groups is 1. The van der Waals surface area contributed by atoms with Crippen molar-refractivity contribution in [3.05, 3.63) is 92.6 Å². The number of phenolic OH excluding ortho intramolecular Hbond substituents is 1. The predicted molar refractivity (Wildman–Crippen MR) is 216 cm³/mol. The van der Waals surface area contributed by atoms with Crippen molar-refractivity contribution in [2.24, 2.45) is 0 Å². The Morgan fingerprint density at radius 3 is 2.37 bits per heavy atom. The van der Waals surface area contributed by atoms with Crippen LogP contribution in [0.5, 0.6) is 5.75 Å². The van der Waals surface area contributed by atoms with Gasteiger partial charge in [-0.3, -0.25) is 28.5 Å². The van der Waals surface area contributed by atoms with Crippen LogP contribution in [-0.2, 0) is 36.3 Å². The number of ether oxygens (including phenoxy) is 2. The highest BCUT2D eigenvalue weighted by Crippen LogP contribution is 2.66. The lowest BCUT2D eigenvalue weighted by Crippen LogP contribution is -2.42. The smallest absolute Gasteiger partial charge is 0.490 e. The van der Waals surface area contributed by atoms with Crippen molar-refractivity contribution in [3.63, 3.8) is 0 Å². The van der Waals surface area contributed by atoms with Crippen molar-refractivity contribution >= 4 is 69.5 Å². The Labute approximate surface area is 359 Å². The number of aromatic carboxylic acids is 1. The van der Waals surface area contributed by atoms with Gasteiger partial charge in [-0.15, -0.1) is 0 Å². The second kappa shape index (κ2) is 17.9. The zero-order chi connectivity index (χ0) is 47.2. The summed E-state index contributed by atoms with van der Waals surface area (Å²) in [5, 5.41) is 36.7. The van der Waals surface area contributed by atoms with Crippen LogP contribution in [0.3, 0.4) is 0 Å². The molecule has 0 bridgehead atoms. The van der Waals surface area contributed by atoms with E-state index >= 15 is 0 Å². The largest absolute Gasteiger partial charge is 0.508 e. The number of carbonyl (C=O) groups excluding carboxylic acids is 2. The van der Waals surface area contributed by atoms with Gasteiger partial charge < -0.3 is 65.2 Å². The number of aromatic amines is 1. The van der Waals surface area contributed by atoms with Crippen LogP contribution in [0.15, 0.2) is 74.9 Å². The number of phenols is 1. The molecule has 7 rings (SSSR count). The van der Waals surface area contributed by atoms with Gasteiger partial charge in [0, 0.05) is 47.3 Å². The first kappa shape index (κ1) is 46.6. The van der Waals surface area contributed by atoms with E-state index < -0.39 is 78.1 Å². The van der Waals surface area contributed by atoms with Crippen molar-refractivity contribution in [1.82, 2.24) is 30.2 Å². The van der Waals surface area contributed by atoms with Gasteiger partial charge in [-0.25, -0.2) is 28.3 Å². The molecule has 2 aromatic heterocycles. The average Bonchev–Trinajstić information content (AvgIpc) is 3.75. The quantitative estimate of drug-likeness (QED) is 0.0390. The van der Waals surface area contributed by atoms with Crippen LogP contribution in [0.2, 0.25) is 0 Å². The fourth-order valence-electron chi connectivity index (χ4n) is 6.67. The van der Waals surface area contributed by atoms with Crippen LogP contribution in [-0.4, -0.2) is 110 Å². The summed E-state index contributed by atoms with van der Waals surface area (Å²) in [5.41, 5.74) is 4.47. The lowest BCUT2D eigenvalue weighted by Gasteiger charge is -2.22. The number of nitrogens with zero attached hydrogens (tertiary/aromatic N) is 3. The Morgan fingerprint density at radius 1 is 0.923 bits per heavy atom. The number of hydrogen-bond acceptors (Lipinski definition) is 19. The van der Waals surface area contributed by atoms with Crippen LogP contribution in [0.1, 0.15) is 26.9 Å². The number of H-pyrrole nitrogens is 1. The van der Waals surface area contributed by atoms with Gasteiger partial charge in [0.1, 0.15) is 29.3 Å². The molecule has 1 saturated heterocycles. The van der Waals surface area contributed by atoms with E-state index in [1.165, 1.54) is 48.5 Å². The lowest BCUT2D eigenvalue weighted by atomic mass is 9.90. The third-order valence-corrected chi connectivity index (χ3v) is 13.0. The summed E-state index contributed by atoms with van der Waals surface area (Å²) in [5.74, 6) is -2.64. The molecule has 12 N–H and O–H groups in total. The molecule has 2 amide bonds. The topological polar surface area (TPSA) is 434 Å². The van der Waals surface area contributed by atoms with E-state index in [1.807, 2.05) is 0 Å². The van der Waals surface area contributed by atoms with Crippen LogP contribution >= 0.6 is 23.5 Å².